The molecule has 2 heterocycles. The van der Waals surface area contributed by atoms with Gasteiger partial charge in [-0.3, -0.25) is 14.3 Å². The SMILES string of the molecule is O=c1c2ccccc2nc(/C=C/c2cccnc2)n1-c1ccc(F)c(Cl)c1. The summed E-state index contributed by atoms with van der Waals surface area (Å²) in [6, 6.07) is 14.9. The molecule has 4 aromatic rings. The van der Waals surface area contributed by atoms with Gasteiger partial charge in [0.1, 0.15) is 11.6 Å². The van der Waals surface area contributed by atoms with E-state index in [1.165, 1.54) is 22.8 Å². The number of hydrogen-bond acceptors (Lipinski definition) is 3. The number of para-hydroxylation sites is 1. The van der Waals surface area contributed by atoms with Gasteiger partial charge in [-0.05, 0) is 54.1 Å². The van der Waals surface area contributed by atoms with Crippen LogP contribution in [0.4, 0.5) is 4.39 Å². The molecule has 0 bridgehead atoms. The van der Waals surface area contributed by atoms with Gasteiger partial charge < -0.3 is 0 Å². The van der Waals surface area contributed by atoms with Crippen molar-refractivity contribution in [2.45, 2.75) is 0 Å². The number of nitrogens with zero attached hydrogens (tertiary/aromatic N) is 3. The van der Waals surface area contributed by atoms with Crippen molar-refractivity contribution in [1.82, 2.24) is 14.5 Å². The zero-order valence-corrected chi connectivity index (χ0v) is 14.8. The molecule has 0 atom stereocenters. The first-order valence-electron chi connectivity index (χ1n) is 8.19. The third-order valence-corrected chi connectivity index (χ3v) is 4.36. The maximum atomic E-state index is 13.6. The van der Waals surface area contributed by atoms with E-state index < -0.39 is 5.82 Å². The number of hydrogen-bond donors (Lipinski definition) is 0. The monoisotopic (exact) mass is 377 g/mol. The highest BCUT2D eigenvalue weighted by molar-refractivity contribution is 6.30. The van der Waals surface area contributed by atoms with E-state index in [-0.39, 0.29) is 10.6 Å². The van der Waals surface area contributed by atoms with E-state index in [2.05, 4.69) is 9.97 Å². The molecule has 0 amide bonds. The predicted octanol–water partition coefficient (Wildman–Crippen LogP) is 4.74. The molecular formula is C21H13ClFN3O. The largest absolute Gasteiger partial charge is 0.268 e. The third kappa shape index (κ3) is 3.37. The first-order valence-corrected chi connectivity index (χ1v) is 8.56. The Kier molecular flexibility index (Phi) is 4.52. The molecule has 4 nitrogen and oxygen atoms in total. The Morgan fingerprint density at radius 3 is 2.67 bits per heavy atom. The Bertz CT molecular complexity index is 1220. The minimum atomic E-state index is -0.547. The fourth-order valence-electron chi connectivity index (χ4n) is 2.78. The molecule has 0 fully saturated rings. The second kappa shape index (κ2) is 7.13. The maximum absolute atomic E-state index is 13.6. The molecule has 6 heteroatoms. The molecule has 0 aliphatic carbocycles. The lowest BCUT2D eigenvalue weighted by Crippen LogP contribution is -2.22. The molecule has 0 aliphatic rings. The van der Waals surface area contributed by atoms with E-state index in [0.29, 0.717) is 22.4 Å². The Hall–Kier alpha value is -3.31. The minimum Gasteiger partial charge on any atom is -0.268 e. The van der Waals surface area contributed by atoms with Gasteiger partial charge in [-0.2, -0.15) is 0 Å². The van der Waals surface area contributed by atoms with Crippen LogP contribution in [0.1, 0.15) is 11.4 Å². The minimum absolute atomic E-state index is 0.0604. The Morgan fingerprint density at radius 2 is 1.89 bits per heavy atom. The summed E-state index contributed by atoms with van der Waals surface area (Å²) in [6.07, 6.45) is 6.92. The highest BCUT2D eigenvalue weighted by Crippen LogP contribution is 2.20. The van der Waals surface area contributed by atoms with Crippen molar-refractivity contribution in [2.75, 3.05) is 0 Å². The Labute approximate surface area is 159 Å². The fraction of sp³-hybridized carbons (Fsp3) is 0. The molecule has 2 aromatic carbocycles. The van der Waals surface area contributed by atoms with Gasteiger partial charge in [-0.15, -0.1) is 0 Å². The van der Waals surface area contributed by atoms with Crippen molar-refractivity contribution < 1.29 is 4.39 Å². The van der Waals surface area contributed by atoms with Crippen LogP contribution in [0.3, 0.4) is 0 Å². The highest BCUT2D eigenvalue weighted by atomic mass is 35.5. The van der Waals surface area contributed by atoms with Crippen LogP contribution in [-0.2, 0) is 0 Å². The lowest BCUT2D eigenvalue weighted by atomic mass is 10.2. The Morgan fingerprint density at radius 1 is 1.04 bits per heavy atom. The van der Waals surface area contributed by atoms with Crippen molar-refractivity contribution in [1.29, 1.82) is 0 Å². The lowest BCUT2D eigenvalue weighted by molar-refractivity contribution is 0.627. The van der Waals surface area contributed by atoms with Crippen LogP contribution in [0.15, 0.2) is 71.8 Å². The first kappa shape index (κ1) is 17.1. The summed E-state index contributed by atoms with van der Waals surface area (Å²) >= 11 is 5.92. The molecule has 0 aliphatic heterocycles. The molecular weight excluding hydrogens is 365 g/mol. The first-order chi connectivity index (χ1) is 13.1. The number of halogens is 2. The van der Waals surface area contributed by atoms with E-state index in [9.17, 15) is 9.18 Å². The van der Waals surface area contributed by atoms with Crippen molar-refractivity contribution in [3.63, 3.8) is 0 Å². The van der Waals surface area contributed by atoms with Gasteiger partial charge in [0, 0.05) is 12.4 Å². The summed E-state index contributed by atoms with van der Waals surface area (Å²) in [5.41, 5.74) is 1.63. The fourth-order valence-corrected chi connectivity index (χ4v) is 2.96. The smallest absolute Gasteiger partial charge is 0.266 e. The molecule has 0 radical (unpaired) electrons. The standard InChI is InChI=1S/C21H13ClFN3O/c22-17-12-15(8-9-18(17)23)26-20(10-7-14-4-3-11-24-13-14)25-19-6-2-1-5-16(19)21(26)27/h1-13H/b10-7+. The average Bonchev–Trinajstić information content (AvgIpc) is 2.70. The van der Waals surface area contributed by atoms with E-state index in [4.69, 9.17) is 11.6 Å². The summed E-state index contributed by atoms with van der Waals surface area (Å²) in [7, 11) is 0. The maximum Gasteiger partial charge on any atom is 0.266 e. The van der Waals surface area contributed by atoms with Crippen LogP contribution < -0.4 is 5.56 Å². The van der Waals surface area contributed by atoms with Crippen LogP contribution in [0, 0.1) is 5.82 Å². The Balaban J connectivity index is 1.97. The average molecular weight is 378 g/mol. The van der Waals surface area contributed by atoms with Gasteiger partial charge in [0.05, 0.1) is 21.6 Å². The lowest BCUT2D eigenvalue weighted by Gasteiger charge is -2.12. The van der Waals surface area contributed by atoms with Crippen molar-refractivity contribution >= 4 is 34.7 Å². The highest BCUT2D eigenvalue weighted by Gasteiger charge is 2.12. The van der Waals surface area contributed by atoms with Crippen LogP contribution in [0.2, 0.25) is 5.02 Å². The molecule has 27 heavy (non-hydrogen) atoms. The van der Waals surface area contributed by atoms with E-state index in [1.807, 2.05) is 24.3 Å². The van der Waals surface area contributed by atoms with Crippen molar-refractivity contribution in [2.24, 2.45) is 0 Å². The second-order valence-corrected chi connectivity index (χ2v) is 6.25. The molecule has 0 N–H and O–H groups in total. The van der Waals surface area contributed by atoms with Crippen LogP contribution in [0.25, 0.3) is 28.7 Å². The topological polar surface area (TPSA) is 47.8 Å². The summed E-state index contributed by atoms with van der Waals surface area (Å²) < 4.78 is 15.0. The molecule has 2 aromatic heterocycles. The van der Waals surface area contributed by atoms with E-state index in [0.717, 1.165) is 5.56 Å². The number of aromatic nitrogens is 3. The number of rotatable bonds is 3. The van der Waals surface area contributed by atoms with E-state index >= 15 is 0 Å². The van der Waals surface area contributed by atoms with Gasteiger partial charge in [-0.25, -0.2) is 9.37 Å². The van der Waals surface area contributed by atoms with Crippen molar-refractivity contribution in [3.8, 4) is 5.69 Å². The molecule has 0 saturated carbocycles. The molecule has 0 saturated heterocycles. The molecule has 0 unspecified atom stereocenters. The van der Waals surface area contributed by atoms with Gasteiger partial charge in [0.2, 0.25) is 0 Å². The summed E-state index contributed by atoms with van der Waals surface area (Å²) in [6.45, 7) is 0. The van der Waals surface area contributed by atoms with Gasteiger partial charge in [0.15, 0.2) is 0 Å². The number of benzene rings is 2. The van der Waals surface area contributed by atoms with Gasteiger partial charge in [0.25, 0.3) is 5.56 Å². The van der Waals surface area contributed by atoms with Crippen molar-refractivity contribution in [3.05, 3.63) is 99.6 Å². The predicted molar refractivity (Wildman–Crippen MR) is 105 cm³/mol. The quantitative estimate of drug-likeness (QED) is 0.518. The number of pyridine rings is 1. The summed E-state index contributed by atoms with van der Waals surface area (Å²) in [4.78, 5) is 21.8. The van der Waals surface area contributed by atoms with Crippen LogP contribution in [-0.4, -0.2) is 14.5 Å². The molecule has 132 valence electrons. The normalized spacial score (nSPS) is 11.3. The van der Waals surface area contributed by atoms with Crippen LogP contribution >= 0.6 is 11.6 Å². The number of fused-ring (bicyclic) bond motifs is 1. The van der Waals surface area contributed by atoms with E-state index in [1.54, 1.807) is 36.7 Å². The third-order valence-electron chi connectivity index (χ3n) is 4.07. The summed E-state index contributed by atoms with van der Waals surface area (Å²) in [5, 5.41) is 0.409. The zero-order chi connectivity index (χ0) is 18.8. The van der Waals surface area contributed by atoms with Gasteiger partial charge in [-0.1, -0.05) is 29.8 Å². The van der Waals surface area contributed by atoms with Crippen LogP contribution in [0.5, 0.6) is 0 Å². The molecule has 4 rings (SSSR count). The summed E-state index contributed by atoms with van der Waals surface area (Å²) in [5.74, 6) is -0.139. The van der Waals surface area contributed by atoms with Gasteiger partial charge >= 0.3 is 0 Å². The molecule has 0 spiro atoms. The second-order valence-electron chi connectivity index (χ2n) is 5.85. The zero-order valence-electron chi connectivity index (χ0n) is 14.0.